The number of nitrogens with one attached hydrogen (secondary N) is 1. The SMILES string of the molecule is CC/C=C/C=C/C=C/CCCCCCCC(CC(=O)NC(CO)C(O)CCCCCCCCCCCCCCCCCC)OC(=O)CCCCCCCCCCC/C=C/CCCCCCCC. The van der Waals surface area contributed by atoms with Gasteiger partial charge in [-0.2, -0.15) is 0 Å². The van der Waals surface area contributed by atoms with E-state index >= 15 is 0 Å². The second kappa shape index (κ2) is 54.8. The van der Waals surface area contributed by atoms with Gasteiger partial charge in [0.2, 0.25) is 5.91 Å². The molecule has 6 heteroatoms. The number of esters is 1. The van der Waals surface area contributed by atoms with Crippen LogP contribution < -0.4 is 5.32 Å². The van der Waals surface area contributed by atoms with Gasteiger partial charge in [-0.25, -0.2) is 0 Å². The molecule has 0 aliphatic heterocycles. The van der Waals surface area contributed by atoms with E-state index in [4.69, 9.17) is 4.74 Å². The molecule has 0 bridgehead atoms. The van der Waals surface area contributed by atoms with Gasteiger partial charge in [-0.3, -0.25) is 9.59 Å². The molecule has 3 N–H and O–H groups in total. The Morgan fingerprint density at radius 1 is 0.448 bits per heavy atom. The Hall–Kier alpha value is -2.18. The molecule has 0 aliphatic carbocycles. The van der Waals surface area contributed by atoms with E-state index in [-0.39, 0.29) is 24.9 Å². The number of aliphatic hydroxyl groups excluding tert-OH is 2. The van der Waals surface area contributed by atoms with Gasteiger partial charge in [0.05, 0.1) is 25.2 Å². The van der Waals surface area contributed by atoms with Crippen LogP contribution in [0.1, 0.15) is 303 Å². The highest BCUT2D eigenvalue weighted by atomic mass is 16.5. The van der Waals surface area contributed by atoms with Gasteiger partial charge in [-0.05, 0) is 70.6 Å². The van der Waals surface area contributed by atoms with E-state index in [0.717, 1.165) is 83.5 Å². The van der Waals surface area contributed by atoms with Gasteiger partial charge in [-0.1, -0.05) is 268 Å². The lowest BCUT2D eigenvalue weighted by molar-refractivity contribution is -0.151. The van der Waals surface area contributed by atoms with Gasteiger partial charge in [0.15, 0.2) is 0 Å². The van der Waals surface area contributed by atoms with Crippen LogP contribution in [-0.2, 0) is 14.3 Å². The molecule has 1 amide bonds. The molecule has 3 atom stereocenters. The summed E-state index contributed by atoms with van der Waals surface area (Å²) >= 11 is 0. The molecule has 0 saturated carbocycles. The second-order valence-corrected chi connectivity index (χ2v) is 20.1. The summed E-state index contributed by atoms with van der Waals surface area (Å²) in [6.07, 6.45) is 67.5. The van der Waals surface area contributed by atoms with E-state index in [0.29, 0.717) is 19.3 Å². The maximum Gasteiger partial charge on any atom is 0.306 e. The third-order valence-electron chi connectivity index (χ3n) is 13.5. The Kier molecular flexibility index (Phi) is 53.0. The highest BCUT2D eigenvalue weighted by Gasteiger charge is 2.24. The van der Waals surface area contributed by atoms with Crippen molar-refractivity contribution in [2.45, 2.75) is 322 Å². The van der Waals surface area contributed by atoms with Crippen LogP contribution in [0.5, 0.6) is 0 Å². The molecule has 0 fully saturated rings. The number of amides is 1. The Morgan fingerprint density at radius 2 is 0.821 bits per heavy atom. The lowest BCUT2D eigenvalue weighted by Gasteiger charge is -2.24. The number of carbonyl (C=O) groups is 2. The highest BCUT2D eigenvalue weighted by molar-refractivity contribution is 5.77. The summed E-state index contributed by atoms with van der Waals surface area (Å²) in [4.78, 5) is 26.3. The topological polar surface area (TPSA) is 95.9 Å². The van der Waals surface area contributed by atoms with Crippen molar-refractivity contribution in [1.29, 1.82) is 0 Å². The Labute approximate surface area is 416 Å². The summed E-state index contributed by atoms with van der Waals surface area (Å²) in [6.45, 7) is 6.38. The van der Waals surface area contributed by atoms with E-state index in [1.165, 1.54) is 173 Å². The zero-order valence-corrected chi connectivity index (χ0v) is 44.8. The van der Waals surface area contributed by atoms with Crippen molar-refractivity contribution >= 4 is 11.9 Å². The Balaban J connectivity index is 4.49. The van der Waals surface area contributed by atoms with Crippen LogP contribution in [0.25, 0.3) is 0 Å². The Morgan fingerprint density at radius 3 is 1.25 bits per heavy atom. The monoisotopic (exact) mass is 940 g/mol. The van der Waals surface area contributed by atoms with Crippen LogP contribution >= 0.6 is 0 Å². The normalized spacial score (nSPS) is 13.4. The third-order valence-corrected chi connectivity index (χ3v) is 13.5. The van der Waals surface area contributed by atoms with Crippen LogP contribution in [0, 0.1) is 0 Å². The first-order chi connectivity index (χ1) is 33.0. The van der Waals surface area contributed by atoms with Crippen molar-refractivity contribution in [1.82, 2.24) is 5.32 Å². The molecule has 0 rings (SSSR count). The zero-order valence-electron chi connectivity index (χ0n) is 44.8. The van der Waals surface area contributed by atoms with Crippen LogP contribution in [0.2, 0.25) is 0 Å². The molecule has 0 saturated heterocycles. The van der Waals surface area contributed by atoms with Crippen molar-refractivity contribution in [3.63, 3.8) is 0 Å². The maximum absolute atomic E-state index is 13.3. The number of aliphatic hydroxyl groups is 2. The summed E-state index contributed by atoms with van der Waals surface area (Å²) in [6, 6.07) is -0.709. The molecular formula is C61H113NO5. The largest absolute Gasteiger partial charge is 0.462 e. The fourth-order valence-corrected chi connectivity index (χ4v) is 9.02. The first-order valence-corrected chi connectivity index (χ1v) is 29.4. The average molecular weight is 941 g/mol. The molecule has 392 valence electrons. The minimum Gasteiger partial charge on any atom is -0.462 e. The average Bonchev–Trinajstić information content (AvgIpc) is 3.32. The summed E-state index contributed by atoms with van der Waals surface area (Å²) in [5.41, 5.74) is 0. The predicted molar refractivity (Wildman–Crippen MR) is 292 cm³/mol. The number of allylic oxidation sites excluding steroid dienone is 8. The summed E-state index contributed by atoms with van der Waals surface area (Å²) in [5, 5.41) is 23.9. The summed E-state index contributed by atoms with van der Waals surface area (Å²) in [7, 11) is 0. The molecule has 67 heavy (non-hydrogen) atoms. The fraction of sp³-hybridized carbons (Fsp3) is 0.836. The van der Waals surface area contributed by atoms with Crippen molar-refractivity contribution in [3.05, 3.63) is 48.6 Å². The Bertz CT molecular complexity index is 1150. The standard InChI is InChI=1S/C61H113NO5/c1-4-7-10-13-16-19-22-25-27-29-30-31-33-36-39-42-45-48-51-54-61(66)67-57(52-49-46-43-40-37-34-24-21-18-15-12-9-6-3)55-60(65)62-58(56-63)59(64)53-50-47-44-41-38-35-32-28-26-23-20-17-14-11-8-5-2/h9,12,15,18,21,24-25,27,57-59,63-64H,4-8,10-11,13-14,16-17,19-20,22-23,26,28-56H2,1-3H3,(H,62,65)/b12-9+,18-15+,24-21+,27-25+. The quantitative estimate of drug-likeness (QED) is 0.0244. The van der Waals surface area contributed by atoms with Crippen LogP contribution in [0.15, 0.2) is 48.6 Å². The number of ether oxygens (including phenoxy) is 1. The van der Waals surface area contributed by atoms with Crippen molar-refractivity contribution in [3.8, 4) is 0 Å². The highest BCUT2D eigenvalue weighted by Crippen LogP contribution is 2.19. The molecule has 0 aromatic heterocycles. The van der Waals surface area contributed by atoms with Gasteiger partial charge in [0.1, 0.15) is 6.10 Å². The van der Waals surface area contributed by atoms with Crippen LogP contribution in [0.3, 0.4) is 0 Å². The number of carbonyl (C=O) groups excluding carboxylic acids is 2. The van der Waals surface area contributed by atoms with Gasteiger partial charge < -0.3 is 20.3 Å². The molecular weight excluding hydrogens is 827 g/mol. The molecule has 3 unspecified atom stereocenters. The molecule has 0 radical (unpaired) electrons. The van der Waals surface area contributed by atoms with E-state index < -0.39 is 18.2 Å². The summed E-state index contributed by atoms with van der Waals surface area (Å²) < 4.78 is 5.95. The predicted octanol–water partition coefficient (Wildman–Crippen LogP) is 18.2. The zero-order chi connectivity index (χ0) is 48.8. The second-order valence-electron chi connectivity index (χ2n) is 20.1. The van der Waals surface area contributed by atoms with E-state index in [2.05, 4.69) is 74.7 Å². The number of unbranched alkanes of at least 4 members (excludes halogenated alkanes) is 35. The minimum atomic E-state index is -0.794. The smallest absolute Gasteiger partial charge is 0.306 e. The lowest BCUT2D eigenvalue weighted by atomic mass is 10.0. The first-order valence-electron chi connectivity index (χ1n) is 29.4. The molecule has 0 heterocycles. The summed E-state index contributed by atoms with van der Waals surface area (Å²) in [5.74, 6) is -0.485. The van der Waals surface area contributed by atoms with E-state index in [1.807, 2.05) is 0 Å². The fourth-order valence-electron chi connectivity index (χ4n) is 9.02. The molecule has 0 aromatic rings. The number of rotatable bonds is 53. The van der Waals surface area contributed by atoms with Gasteiger partial charge >= 0.3 is 5.97 Å². The van der Waals surface area contributed by atoms with Crippen molar-refractivity contribution < 1.29 is 24.5 Å². The van der Waals surface area contributed by atoms with Crippen molar-refractivity contribution in [2.75, 3.05) is 6.61 Å². The van der Waals surface area contributed by atoms with Crippen LogP contribution in [0.4, 0.5) is 0 Å². The minimum absolute atomic E-state index is 0.0647. The molecule has 0 spiro atoms. The van der Waals surface area contributed by atoms with E-state index in [1.54, 1.807) is 0 Å². The molecule has 6 nitrogen and oxygen atoms in total. The molecule has 0 aliphatic rings. The number of hydrogen-bond acceptors (Lipinski definition) is 5. The third kappa shape index (κ3) is 50.0. The van der Waals surface area contributed by atoms with Gasteiger partial charge in [0, 0.05) is 6.42 Å². The van der Waals surface area contributed by atoms with Crippen LogP contribution in [-0.4, -0.2) is 46.9 Å². The van der Waals surface area contributed by atoms with Gasteiger partial charge in [0.25, 0.3) is 0 Å². The van der Waals surface area contributed by atoms with E-state index in [9.17, 15) is 19.8 Å². The van der Waals surface area contributed by atoms with Gasteiger partial charge in [-0.15, -0.1) is 0 Å². The number of hydrogen-bond donors (Lipinski definition) is 3. The maximum atomic E-state index is 13.3. The first kappa shape index (κ1) is 64.8. The van der Waals surface area contributed by atoms with Crippen molar-refractivity contribution in [2.24, 2.45) is 0 Å². The molecule has 0 aromatic carbocycles. The lowest BCUT2D eigenvalue weighted by Crippen LogP contribution is -2.46.